The molecule has 0 aromatic rings. The number of esters is 1. The third-order valence-corrected chi connectivity index (χ3v) is 3.34. The molecule has 1 aliphatic rings. The summed E-state index contributed by atoms with van der Waals surface area (Å²) in [6, 6.07) is 0. The van der Waals surface area contributed by atoms with Crippen LogP contribution in [-0.4, -0.2) is 23.8 Å². The molecule has 0 unspecified atom stereocenters. The van der Waals surface area contributed by atoms with Gasteiger partial charge in [0.05, 0.1) is 6.10 Å². The molecular formula is C12H20O3. The lowest BCUT2D eigenvalue weighted by molar-refractivity contribution is -0.140. The fraction of sp³-hybridized carbons (Fsp3) is 0.750. The first-order valence-corrected chi connectivity index (χ1v) is 5.36. The highest BCUT2D eigenvalue weighted by Crippen LogP contribution is 2.40. The van der Waals surface area contributed by atoms with Crippen LogP contribution in [0.5, 0.6) is 0 Å². The Hall–Kier alpha value is -0.830. The van der Waals surface area contributed by atoms with Gasteiger partial charge in [-0.05, 0) is 25.3 Å². The Morgan fingerprint density at radius 1 is 1.60 bits per heavy atom. The van der Waals surface area contributed by atoms with Crippen molar-refractivity contribution in [2.75, 3.05) is 6.61 Å². The van der Waals surface area contributed by atoms with Gasteiger partial charge in [-0.3, -0.25) is 4.79 Å². The molecule has 3 heteroatoms. The summed E-state index contributed by atoms with van der Waals surface area (Å²) in [6.45, 7) is 7.76. The number of ether oxygens (including phenoxy) is 1. The van der Waals surface area contributed by atoms with Crippen LogP contribution in [0.15, 0.2) is 11.1 Å². The molecule has 0 heterocycles. The predicted octanol–water partition coefficient (Wildman–Crippen LogP) is 2.05. The van der Waals surface area contributed by atoms with E-state index in [9.17, 15) is 9.90 Å². The number of hydrogen-bond donors (Lipinski definition) is 1. The second-order valence-electron chi connectivity index (χ2n) is 4.82. The largest absolute Gasteiger partial charge is 0.461 e. The van der Waals surface area contributed by atoms with Crippen LogP contribution in [0.2, 0.25) is 0 Å². The van der Waals surface area contributed by atoms with Gasteiger partial charge in [-0.15, -0.1) is 0 Å². The Kier molecular flexibility index (Phi) is 3.55. The van der Waals surface area contributed by atoms with E-state index in [1.165, 1.54) is 12.5 Å². The van der Waals surface area contributed by atoms with Crippen LogP contribution in [-0.2, 0) is 9.53 Å². The summed E-state index contributed by atoms with van der Waals surface area (Å²) in [7, 11) is 0. The third-order valence-electron chi connectivity index (χ3n) is 3.34. The smallest absolute Gasteiger partial charge is 0.302 e. The van der Waals surface area contributed by atoms with Gasteiger partial charge in [0.2, 0.25) is 0 Å². The minimum atomic E-state index is -0.341. The molecule has 15 heavy (non-hydrogen) atoms. The number of carbonyl (C=O) groups is 1. The SMILES string of the molecule is CC(=O)OCC1=C(C)CC[C@H](O)C1(C)C. The van der Waals surface area contributed by atoms with E-state index in [0.717, 1.165) is 18.4 Å². The van der Waals surface area contributed by atoms with E-state index in [4.69, 9.17) is 4.74 Å². The second-order valence-corrected chi connectivity index (χ2v) is 4.82. The quantitative estimate of drug-likeness (QED) is 0.563. The van der Waals surface area contributed by atoms with Crippen molar-refractivity contribution in [2.45, 2.75) is 46.6 Å². The first-order chi connectivity index (χ1) is 6.85. The average Bonchev–Trinajstić information content (AvgIpc) is 2.11. The molecule has 0 bridgehead atoms. The van der Waals surface area contributed by atoms with Gasteiger partial charge in [0.1, 0.15) is 6.61 Å². The van der Waals surface area contributed by atoms with Crippen molar-refractivity contribution in [3.8, 4) is 0 Å². The zero-order chi connectivity index (χ0) is 11.6. The molecule has 0 aromatic heterocycles. The Balaban J connectivity index is 2.85. The maximum Gasteiger partial charge on any atom is 0.302 e. The zero-order valence-electron chi connectivity index (χ0n) is 9.96. The van der Waals surface area contributed by atoms with E-state index in [0.29, 0.717) is 6.61 Å². The highest BCUT2D eigenvalue weighted by Gasteiger charge is 2.36. The molecule has 0 fully saturated rings. The van der Waals surface area contributed by atoms with Gasteiger partial charge in [0, 0.05) is 12.3 Å². The molecular weight excluding hydrogens is 192 g/mol. The average molecular weight is 212 g/mol. The lowest BCUT2D eigenvalue weighted by atomic mass is 9.71. The van der Waals surface area contributed by atoms with Crippen molar-refractivity contribution in [2.24, 2.45) is 5.41 Å². The molecule has 0 aromatic carbocycles. The van der Waals surface area contributed by atoms with Gasteiger partial charge in [0.25, 0.3) is 0 Å². The van der Waals surface area contributed by atoms with Crippen molar-refractivity contribution in [3.63, 3.8) is 0 Å². The molecule has 86 valence electrons. The summed E-state index contributed by atoms with van der Waals surface area (Å²) >= 11 is 0. The summed E-state index contributed by atoms with van der Waals surface area (Å²) in [4.78, 5) is 10.8. The van der Waals surface area contributed by atoms with Gasteiger partial charge < -0.3 is 9.84 Å². The van der Waals surface area contributed by atoms with E-state index in [1.807, 2.05) is 20.8 Å². The van der Waals surface area contributed by atoms with Gasteiger partial charge in [-0.25, -0.2) is 0 Å². The van der Waals surface area contributed by atoms with Crippen LogP contribution in [0.25, 0.3) is 0 Å². The van der Waals surface area contributed by atoms with E-state index >= 15 is 0 Å². The fourth-order valence-corrected chi connectivity index (χ4v) is 2.10. The van der Waals surface area contributed by atoms with Crippen molar-refractivity contribution in [1.29, 1.82) is 0 Å². The normalized spacial score (nSPS) is 25.3. The van der Waals surface area contributed by atoms with Crippen molar-refractivity contribution in [3.05, 3.63) is 11.1 Å². The zero-order valence-corrected chi connectivity index (χ0v) is 9.96. The molecule has 0 saturated heterocycles. The standard InChI is InChI=1S/C12H20O3/c1-8-5-6-11(14)12(3,4)10(8)7-15-9(2)13/h11,14H,5-7H2,1-4H3/t11-/m0/s1. The first-order valence-electron chi connectivity index (χ1n) is 5.36. The summed E-state index contributed by atoms with van der Waals surface area (Å²) in [6.07, 6.45) is 1.34. The van der Waals surface area contributed by atoms with Crippen LogP contribution in [0.4, 0.5) is 0 Å². The predicted molar refractivity (Wildman–Crippen MR) is 58.4 cm³/mol. The number of aliphatic hydroxyl groups is 1. The number of allylic oxidation sites excluding steroid dienone is 1. The summed E-state index contributed by atoms with van der Waals surface area (Å²) in [5.74, 6) is -0.272. The Labute approximate surface area is 91.1 Å². The van der Waals surface area contributed by atoms with E-state index in [-0.39, 0.29) is 17.5 Å². The van der Waals surface area contributed by atoms with Crippen molar-refractivity contribution < 1.29 is 14.6 Å². The van der Waals surface area contributed by atoms with Crippen LogP contribution in [0.1, 0.15) is 40.5 Å². The van der Waals surface area contributed by atoms with E-state index in [1.54, 1.807) is 0 Å². The number of rotatable bonds is 2. The van der Waals surface area contributed by atoms with Crippen LogP contribution < -0.4 is 0 Å². The lowest BCUT2D eigenvalue weighted by Crippen LogP contribution is -2.37. The van der Waals surface area contributed by atoms with Gasteiger partial charge in [-0.1, -0.05) is 19.4 Å². The number of hydrogen-bond acceptors (Lipinski definition) is 3. The second kappa shape index (κ2) is 4.35. The summed E-state index contributed by atoms with van der Waals surface area (Å²) in [5, 5.41) is 9.92. The highest BCUT2D eigenvalue weighted by atomic mass is 16.5. The van der Waals surface area contributed by atoms with E-state index in [2.05, 4.69) is 0 Å². The van der Waals surface area contributed by atoms with Gasteiger partial charge >= 0.3 is 5.97 Å². The van der Waals surface area contributed by atoms with Gasteiger partial charge in [0.15, 0.2) is 0 Å². The van der Waals surface area contributed by atoms with Crippen molar-refractivity contribution >= 4 is 5.97 Å². The van der Waals surface area contributed by atoms with Crippen molar-refractivity contribution in [1.82, 2.24) is 0 Å². The van der Waals surface area contributed by atoms with Crippen LogP contribution in [0.3, 0.4) is 0 Å². The maximum absolute atomic E-state index is 10.8. The molecule has 1 rings (SSSR count). The minimum Gasteiger partial charge on any atom is -0.461 e. The summed E-state index contributed by atoms with van der Waals surface area (Å²) < 4.78 is 5.03. The Bertz CT molecular complexity index is 289. The molecule has 3 nitrogen and oxygen atoms in total. The molecule has 1 N–H and O–H groups in total. The molecule has 1 atom stereocenters. The maximum atomic E-state index is 10.8. The molecule has 0 saturated carbocycles. The number of carbonyl (C=O) groups excluding carboxylic acids is 1. The number of aliphatic hydroxyl groups excluding tert-OH is 1. The Morgan fingerprint density at radius 3 is 2.73 bits per heavy atom. The Morgan fingerprint density at radius 2 is 2.20 bits per heavy atom. The minimum absolute atomic E-state index is 0.272. The van der Waals surface area contributed by atoms with Crippen LogP contribution >= 0.6 is 0 Å². The molecule has 0 spiro atoms. The van der Waals surface area contributed by atoms with Crippen LogP contribution in [0, 0.1) is 5.41 Å². The lowest BCUT2D eigenvalue weighted by Gasteiger charge is -2.38. The molecule has 0 amide bonds. The highest BCUT2D eigenvalue weighted by molar-refractivity contribution is 5.66. The monoisotopic (exact) mass is 212 g/mol. The van der Waals surface area contributed by atoms with Gasteiger partial charge in [-0.2, -0.15) is 0 Å². The molecule has 1 aliphatic carbocycles. The topological polar surface area (TPSA) is 46.5 Å². The van der Waals surface area contributed by atoms with E-state index < -0.39 is 0 Å². The summed E-state index contributed by atoms with van der Waals surface area (Å²) in [5.41, 5.74) is 2.03. The fourth-order valence-electron chi connectivity index (χ4n) is 2.10. The third kappa shape index (κ3) is 2.59. The first kappa shape index (κ1) is 12.2. The molecule has 0 aliphatic heterocycles. The molecule has 0 radical (unpaired) electrons.